The molecule has 20 heavy (non-hydrogen) atoms. The number of carbonyl (C=O) groups is 2. The van der Waals surface area contributed by atoms with Gasteiger partial charge in [0.1, 0.15) is 6.04 Å². The highest BCUT2D eigenvalue weighted by Gasteiger charge is 2.32. The van der Waals surface area contributed by atoms with Crippen molar-refractivity contribution in [3.8, 4) is 0 Å². The van der Waals surface area contributed by atoms with E-state index < -0.39 is 23.6 Å². The molecule has 2 amide bonds. The quantitative estimate of drug-likeness (QED) is 0.811. The van der Waals surface area contributed by atoms with E-state index in [-0.39, 0.29) is 11.5 Å². The van der Waals surface area contributed by atoms with Gasteiger partial charge < -0.3 is 15.5 Å². The van der Waals surface area contributed by atoms with Crippen LogP contribution in [-0.2, 0) is 4.79 Å². The minimum absolute atomic E-state index is 0.0275. The van der Waals surface area contributed by atoms with E-state index in [1.54, 1.807) is 0 Å². The summed E-state index contributed by atoms with van der Waals surface area (Å²) in [6.07, 6.45) is 0. The zero-order valence-corrected chi connectivity index (χ0v) is 11.0. The van der Waals surface area contributed by atoms with Gasteiger partial charge in [-0.05, 0) is 18.2 Å². The molecule has 1 unspecified atom stereocenters. The SMILES string of the molecule is CNC(=O)C1CNCCN1C(=O)c1ccc(F)c(F)c1. The number of hydrogen-bond acceptors (Lipinski definition) is 3. The summed E-state index contributed by atoms with van der Waals surface area (Å²) in [5.74, 6) is -2.88. The van der Waals surface area contributed by atoms with Crippen LogP contribution < -0.4 is 10.6 Å². The lowest BCUT2D eigenvalue weighted by atomic mass is 10.1. The number of halogens is 2. The van der Waals surface area contributed by atoms with Gasteiger partial charge in [0.2, 0.25) is 5.91 Å². The van der Waals surface area contributed by atoms with Crippen LogP contribution >= 0.6 is 0 Å². The molecule has 1 aliphatic heterocycles. The normalized spacial score (nSPS) is 18.8. The van der Waals surface area contributed by atoms with Crippen molar-refractivity contribution < 1.29 is 18.4 Å². The number of carbonyl (C=O) groups excluding carboxylic acids is 2. The van der Waals surface area contributed by atoms with Gasteiger partial charge in [0, 0.05) is 32.2 Å². The van der Waals surface area contributed by atoms with Gasteiger partial charge >= 0.3 is 0 Å². The first kappa shape index (κ1) is 14.4. The lowest BCUT2D eigenvalue weighted by molar-refractivity contribution is -0.125. The fraction of sp³-hybridized carbons (Fsp3) is 0.385. The van der Waals surface area contributed by atoms with Crippen LogP contribution in [0.3, 0.4) is 0 Å². The summed E-state index contributed by atoms with van der Waals surface area (Å²) >= 11 is 0. The zero-order chi connectivity index (χ0) is 14.7. The zero-order valence-electron chi connectivity index (χ0n) is 11.0. The van der Waals surface area contributed by atoms with E-state index in [2.05, 4.69) is 10.6 Å². The fourth-order valence-corrected chi connectivity index (χ4v) is 2.14. The maximum atomic E-state index is 13.2. The van der Waals surface area contributed by atoms with Crippen molar-refractivity contribution in [2.45, 2.75) is 6.04 Å². The number of likely N-dealkylation sites (N-methyl/N-ethyl adjacent to an activating group) is 1. The van der Waals surface area contributed by atoms with Crippen molar-refractivity contribution in [1.82, 2.24) is 15.5 Å². The molecular weight excluding hydrogens is 268 g/mol. The molecule has 0 saturated carbocycles. The second kappa shape index (κ2) is 5.96. The molecule has 108 valence electrons. The molecule has 1 heterocycles. The second-order valence-corrected chi connectivity index (χ2v) is 4.46. The number of rotatable bonds is 2. The van der Waals surface area contributed by atoms with Gasteiger partial charge in [-0.3, -0.25) is 9.59 Å². The van der Waals surface area contributed by atoms with Crippen LogP contribution in [0.5, 0.6) is 0 Å². The fourth-order valence-electron chi connectivity index (χ4n) is 2.14. The van der Waals surface area contributed by atoms with Crippen LogP contribution in [0.2, 0.25) is 0 Å². The summed E-state index contributed by atoms with van der Waals surface area (Å²) in [7, 11) is 1.48. The summed E-state index contributed by atoms with van der Waals surface area (Å²) in [5, 5.41) is 5.50. The van der Waals surface area contributed by atoms with Crippen LogP contribution in [0, 0.1) is 11.6 Å². The summed E-state index contributed by atoms with van der Waals surface area (Å²) in [6, 6.07) is 2.30. The van der Waals surface area contributed by atoms with E-state index in [9.17, 15) is 18.4 Å². The van der Waals surface area contributed by atoms with E-state index in [1.807, 2.05) is 0 Å². The molecule has 5 nitrogen and oxygen atoms in total. The Morgan fingerprint density at radius 1 is 1.35 bits per heavy atom. The molecule has 0 aromatic heterocycles. The monoisotopic (exact) mass is 283 g/mol. The highest BCUT2D eigenvalue weighted by molar-refractivity contribution is 5.97. The van der Waals surface area contributed by atoms with Crippen LogP contribution in [0.4, 0.5) is 8.78 Å². The number of nitrogens with one attached hydrogen (secondary N) is 2. The predicted molar refractivity (Wildman–Crippen MR) is 68.1 cm³/mol. The molecule has 0 bridgehead atoms. The third-order valence-electron chi connectivity index (χ3n) is 3.22. The van der Waals surface area contributed by atoms with E-state index in [0.29, 0.717) is 19.6 Å². The molecule has 0 aliphatic carbocycles. The number of piperazine rings is 1. The van der Waals surface area contributed by atoms with Gasteiger partial charge in [-0.1, -0.05) is 0 Å². The van der Waals surface area contributed by atoms with Crippen molar-refractivity contribution in [3.05, 3.63) is 35.4 Å². The Hall–Kier alpha value is -2.02. The highest BCUT2D eigenvalue weighted by Crippen LogP contribution is 2.14. The van der Waals surface area contributed by atoms with Crippen molar-refractivity contribution in [1.29, 1.82) is 0 Å². The van der Waals surface area contributed by atoms with Gasteiger partial charge in [0.15, 0.2) is 11.6 Å². The molecule has 2 rings (SSSR count). The van der Waals surface area contributed by atoms with E-state index in [0.717, 1.165) is 12.1 Å². The first-order valence-corrected chi connectivity index (χ1v) is 6.23. The summed E-state index contributed by atoms with van der Waals surface area (Å²) in [5.41, 5.74) is 0.0275. The lowest BCUT2D eigenvalue weighted by Gasteiger charge is -2.35. The highest BCUT2D eigenvalue weighted by atomic mass is 19.2. The Bertz CT molecular complexity index is 536. The van der Waals surface area contributed by atoms with Gasteiger partial charge in [0.05, 0.1) is 0 Å². The second-order valence-electron chi connectivity index (χ2n) is 4.46. The largest absolute Gasteiger partial charge is 0.357 e. The van der Waals surface area contributed by atoms with Crippen molar-refractivity contribution in [2.75, 3.05) is 26.7 Å². The minimum atomic E-state index is -1.08. The third kappa shape index (κ3) is 2.77. The third-order valence-corrected chi connectivity index (χ3v) is 3.22. The molecule has 2 N–H and O–H groups in total. The Kier molecular flexibility index (Phi) is 4.29. The molecule has 7 heteroatoms. The predicted octanol–water partition coefficient (Wildman–Crippen LogP) is 0.125. The Morgan fingerprint density at radius 2 is 2.10 bits per heavy atom. The molecule has 1 aliphatic rings. The average Bonchev–Trinajstić information content (AvgIpc) is 2.48. The molecular formula is C13H15F2N3O2. The Morgan fingerprint density at radius 3 is 2.75 bits per heavy atom. The standard InChI is InChI=1S/C13H15F2N3O2/c1-16-12(19)11-7-17-4-5-18(11)13(20)8-2-3-9(14)10(15)6-8/h2-3,6,11,17H,4-5,7H2,1H3,(H,16,19). The number of hydrogen-bond donors (Lipinski definition) is 2. The van der Waals surface area contributed by atoms with Gasteiger partial charge in [-0.25, -0.2) is 8.78 Å². The smallest absolute Gasteiger partial charge is 0.254 e. The molecule has 0 radical (unpaired) electrons. The minimum Gasteiger partial charge on any atom is -0.357 e. The maximum absolute atomic E-state index is 13.2. The van der Waals surface area contributed by atoms with Gasteiger partial charge in [0.25, 0.3) is 5.91 Å². The van der Waals surface area contributed by atoms with Crippen LogP contribution in [0.25, 0.3) is 0 Å². The van der Waals surface area contributed by atoms with Crippen LogP contribution in [-0.4, -0.2) is 49.4 Å². The first-order chi connectivity index (χ1) is 9.54. The molecule has 1 saturated heterocycles. The van der Waals surface area contributed by atoms with Crippen molar-refractivity contribution >= 4 is 11.8 Å². The summed E-state index contributed by atoms with van der Waals surface area (Å²) < 4.78 is 26.1. The maximum Gasteiger partial charge on any atom is 0.254 e. The summed E-state index contributed by atoms with van der Waals surface area (Å²) in [4.78, 5) is 25.4. The molecule has 0 spiro atoms. The van der Waals surface area contributed by atoms with Gasteiger partial charge in [-0.2, -0.15) is 0 Å². The lowest BCUT2D eigenvalue weighted by Crippen LogP contribution is -2.59. The molecule has 1 fully saturated rings. The molecule has 1 aromatic carbocycles. The average molecular weight is 283 g/mol. The van der Waals surface area contributed by atoms with E-state index in [1.165, 1.54) is 18.0 Å². The van der Waals surface area contributed by atoms with Crippen molar-refractivity contribution in [3.63, 3.8) is 0 Å². The Balaban J connectivity index is 2.25. The van der Waals surface area contributed by atoms with E-state index >= 15 is 0 Å². The molecule has 1 atom stereocenters. The summed E-state index contributed by atoms with van der Waals surface area (Å²) in [6.45, 7) is 1.20. The topological polar surface area (TPSA) is 61.4 Å². The van der Waals surface area contributed by atoms with Gasteiger partial charge in [-0.15, -0.1) is 0 Å². The number of amides is 2. The number of nitrogens with zero attached hydrogens (tertiary/aromatic N) is 1. The van der Waals surface area contributed by atoms with Crippen molar-refractivity contribution in [2.24, 2.45) is 0 Å². The first-order valence-electron chi connectivity index (χ1n) is 6.23. The number of benzene rings is 1. The Labute approximate surface area is 114 Å². The van der Waals surface area contributed by atoms with Crippen LogP contribution in [0.1, 0.15) is 10.4 Å². The van der Waals surface area contributed by atoms with Crippen LogP contribution in [0.15, 0.2) is 18.2 Å². The van der Waals surface area contributed by atoms with E-state index in [4.69, 9.17) is 0 Å². The molecule has 1 aromatic rings.